The summed E-state index contributed by atoms with van der Waals surface area (Å²) in [4.78, 5) is 38.6. The van der Waals surface area contributed by atoms with Crippen LogP contribution >= 0.6 is 0 Å². The molecule has 1 saturated heterocycles. The third-order valence-corrected chi connectivity index (χ3v) is 5.73. The van der Waals surface area contributed by atoms with E-state index in [4.69, 9.17) is 0 Å². The Morgan fingerprint density at radius 3 is 2.84 bits per heavy atom. The summed E-state index contributed by atoms with van der Waals surface area (Å²) >= 11 is 0. The summed E-state index contributed by atoms with van der Waals surface area (Å²) < 4.78 is 0. The number of allylic oxidation sites excluding steroid dienone is 3. The first-order chi connectivity index (χ1) is 12.1. The predicted octanol–water partition coefficient (Wildman–Crippen LogP) is 2.58. The molecule has 1 fully saturated rings. The maximum absolute atomic E-state index is 12.7. The van der Waals surface area contributed by atoms with Gasteiger partial charge in [-0.2, -0.15) is 0 Å². The average molecular weight is 344 g/mol. The number of fused-ring (bicyclic) bond motifs is 1. The van der Waals surface area contributed by atoms with Gasteiger partial charge in [-0.3, -0.25) is 19.3 Å². The lowest BCUT2D eigenvalue weighted by Gasteiger charge is -2.24. The summed E-state index contributed by atoms with van der Waals surface area (Å²) in [6, 6.07) is 0. The van der Waals surface area contributed by atoms with Crippen molar-refractivity contribution in [1.29, 1.82) is 0 Å². The third-order valence-electron chi connectivity index (χ3n) is 5.73. The zero-order valence-electron chi connectivity index (χ0n) is 15.0. The molecule has 3 rings (SSSR count). The van der Waals surface area contributed by atoms with Crippen LogP contribution in [0.25, 0.3) is 0 Å². The number of rotatable bonds is 6. The molecule has 136 valence electrons. The first-order valence-corrected chi connectivity index (χ1v) is 9.58. The Kier molecular flexibility index (Phi) is 5.71. The number of likely N-dealkylation sites (tertiary alicyclic amines) is 1. The molecule has 3 amide bonds. The first kappa shape index (κ1) is 17.9. The van der Waals surface area contributed by atoms with Crippen molar-refractivity contribution in [2.75, 3.05) is 13.1 Å². The molecule has 0 aromatic rings. The van der Waals surface area contributed by atoms with Crippen LogP contribution < -0.4 is 5.32 Å². The van der Waals surface area contributed by atoms with Gasteiger partial charge in [0.25, 0.3) is 0 Å². The molecule has 0 unspecified atom stereocenters. The Hall–Kier alpha value is -1.91. The van der Waals surface area contributed by atoms with Gasteiger partial charge in [0.1, 0.15) is 6.54 Å². The monoisotopic (exact) mass is 344 g/mol. The molecule has 0 spiro atoms. The van der Waals surface area contributed by atoms with Gasteiger partial charge >= 0.3 is 0 Å². The van der Waals surface area contributed by atoms with Crippen LogP contribution in [0.4, 0.5) is 0 Å². The zero-order chi connectivity index (χ0) is 17.8. The summed E-state index contributed by atoms with van der Waals surface area (Å²) in [6.07, 6.45) is 13.4. The van der Waals surface area contributed by atoms with Crippen molar-refractivity contribution in [3.63, 3.8) is 0 Å². The molecular formula is C20H28N2O3. The van der Waals surface area contributed by atoms with Crippen LogP contribution in [0, 0.1) is 17.8 Å². The van der Waals surface area contributed by atoms with Crippen LogP contribution in [-0.2, 0) is 14.4 Å². The number of amides is 3. The predicted molar refractivity (Wildman–Crippen MR) is 95.4 cm³/mol. The highest BCUT2D eigenvalue weighted by molar-refractivity contribution is 6.07. The van der Waals surface area contributed by atoms with Crippen LogP contribution in [0.1, 0.15) is 51.9 Å². The minimum Gasteiger partial charge on any atom is -0.354 e. The second-order valence-corrected chi connectivity index (χ2v) is 7.34. The van der Waals surface area contributed by atoms with E-state index >= 15 is 0 Å². The van der Waals surface area contributed by atoms with Crippen LogP contribution in [-0.4, -0.2) is 35.7 Å². The second kappa shape index (κ2) is 7.98. The van der Waals surface area contributed by atoms with Gasteiger partial charge in [-0.1, -0.05) is 30.7 Å². The molecule has 0 saturated carbocycles. The number of nitrogens with one attached hydrogen (secondary N) is 1. The highest BCUT2D eigenvalue weighted by Gasteiger charge is 2.50. The van der Waals surface area contributed by atoms with E-state index < -0.39 is 0 Å². The molecule has 3 aliphatic rings. The number of hydrogen-bond donors (Lipinski definition) is 1. The lowest BCUT2D eigenvalue weighted by atomic mass is 9.76. The SMILES string of the molecule is CC[C@H]1C=CC[C@H]2C(=O)N(CC(=O)NCCC3=CCCCC3)C(=O)[C@H]12. The smallest absolute Gasteiger partial charge is 0.240 e. The molecule has 2 aliphatic carbocycles. The van der Waals surface area contributed by atoms with Crippen molar-refractivity contribution in [3.8, 4) is 0 Å². The van der Waals surface area contributed by atoms with Gasteiger partial charge in [-0.25, -0.2) is 0 Å². The fourth-order valence-corrected chi connectivity index (χ4v) is 4.30. The van der Waals surface area contributed by atoms with Crippen molar-refractivity contribution in [2.24, 2.45) is 17.8 Å². The number of imide groups is 1. The van der Waals surface area contributed by atoms with Gasteiger partial charge in [-0.05, 0) is 50.9 Å². The second-order valence-electron chi connectivity index (χ2n) is 7.34. The van der Waals surface area contributed by atoms with Gasteiger partial charge in [0.2, 0.25) is 17.7 Å². The van der Waals surface area contributed by atoms with Crippen molar-refractivity contribution >= 4 is 17.7 Å². The summed E-state index contributed by atoms with van der Waals surface area (Å²) in [7, 11) is 0. The van der Waals surface area contributed by atoms with E-state index in [0.29, 0.717) is 13.0 Å². The minimum atomic E-state index is -0.275. The minimum absolute atomic E-state index is 0.112. The molecular weight excluding hydrogens is 316 g/mol. The average Bonchev–Trinajstić information content (AvgIpc) is 2.87. The maximum atomic E-state index is 12.7. The lowest BCUT2D eigenvalue weighted by molar-refractivity contribution is -0.143. The largest absolute Gasteiger partial charge is 0.354 e. The maximum Gasteiger partial charge on any atom is 0.240 e. The van der Waals surface area contributed by atoms with Gasteiger partial charge in [0.15, 0.2) is 0 Å². The van der Waals surface area contributed by atoms with E-state index in [1.54, 1.807) is 0 Å². The van der Waals surface area contributed by atoms with Crippen molar-refractivity contribution in [3.05, 3.63) is 23.8 Å². The van der Waals surface area contributed by atoms with Gasteiger partial charge in [0.05, 0.1) is 11.8 Å². The number of carbonyl (C=O) groups is 3. The van der Waals surface area contributed by atoms with E-state index in [1.165, 1.54) is 23.3 Å². The summed E-state index contributed by atoms with van der Waals surface area (Å²) in [6.45, 7) is 2.47. The summed E-state index contributed by atoms with van der Waals surface area (Å²) in [5.74, 6) is -1.02. The van der Waals surface area contributed by atoms with Gasteiger partial charge in [0, 0.05) is 6.54 Å². The van der Waals surface area contributed by atoms with Crippen LogP contribution in [0.3, 0.4) is 0 Å². The molecule has 0 bridgehead atoms. The van der Waals surface area contributed by atoms with Gasteiger partial charge in [-0.15, -0.1) is 0 Å². The summed E-state index contributed by atoms with van der Waals surface area (Å²) in [5.41, 5.74) is 1.41. The van der Waals surface area contributed by atoms with E-state index in [1.807, 2.05) is 19.1 Å². The highest BCUT2D eigenvalue weighted by atomic mass is 16.2. The normalized spacial score (nSPS) is 28.8. The molecule has 5 heteroatoms. The fraction of sp³-hybridized carbons (Fsp3) is 0.650. The fourth-order valence-electron chi connectivity index (χ4n) is 4.30. The number of carbonyl (C=O) groups excluding carboxylic acids is 3. The molecule has 1 N–H and O–H groups in total. The molecule has 5 nitrogen and oxygen atoms in total. The van der Waals surface area contributed by atoms with E-state index in [9.17, 15) is 14.4 Å². The molecule has 25 heavy (non-hydrogen) atoms. The third kappa shape index (κ3) is 3.86. The lowest BCUT2D eigenvalue weighted by Crippen LogP contribution is -2.41. The Morgan fingerprint density at radius 1 is 1.28 bits per heavy atom. The Morgan fingerprint density at radius 2 is 2.12 bits per heavy atom. The van der Waals surface area contributed by atoms with Crippen LogP contribution in [0.2, 0.25) is 0 Å². The van der Waals surface area contributed by atoms with Crippen molar-refractivity contribution < 1.29 is 14.4 Å². The van der Waals surface area contributed by atoms with Crippen LogP contribution in [0.15, 0.2) is 23.8 Å². The highest BCUT2D eigenvalue weighted by Crippen LogP contribution is 2.39. The van der Waals surface area contributed by atoms with E-state index in [-0.39, 0.29) is 42.0 Å². The molecule has 0 radical (unpaired) electrons. The Balaban J connectivity index is 1.52. The molecule has 0 aromatic heterocycles. The van der Waals surface area contributed by atoms with Crippen LogP contribution in [0.5, 0.6) is 0 Å². The molecule has 3 atom stereocenters. The van der Waals surface area contributed by atoms with E-state index in [0.717, 1.165) is 25.7 Å². The van der Waals surface area contributed by atoms with Crippen molar-refractivity contribution in [1.82, 2.24) is 10.2 Å². The number of nitrogens with zero attached hydrogens (tertiary/aromatic N) is 1. The summed E-state index contributed by atoms with van der Waals surface area (Å²) in [5, 5.41) is 2.86. The van der Waals surface area contributed by atoms with Crippen molar-refractivity contribution in [2.45, 2.75) is 51.9 Å². The molecule has 0 aromatic carbocycles. The Labute approximate surface area is 149 Å². The number of hydrogen-bond acceptors (Lipinski definition) is 3. The topological polar surface area (TPSA) is 66.5 Å². The van der Waals surface area contributed by atoms with Gasteiger partial charge < -0.3 is 5.32 Å². The zero-order valence-corrected chi connectivity index (χ0v) is 15.0. The first-order valence-electron chi connectivity index (χ1n) is 9.58. The standard InChI is InChI=1S/C20H28N2O3/c1-2-15-9-6-10-16-18(15)20(25)22(19(16)24)13-17(23)21-12-11-14-7-4-3-5-8-14/h6-7,9,15-16,18H,2-5,8,10-13H2,1H3,(H,21,23)/t15-,16+,18+/m0/s1. The molecule has 1 aliphatic heterocycles. The Bertz CT molecular complexity index is 608. The quantitative estimate of drug-likeness (QED) is 0.595. The van der Waals surface area contributed by atoms with E-state index in [2.05, 4.69) is 11.4 Å². The molecule has 1 heterocycles.